The summed E-state index contributed by atoms with van der Waals surface area (Å²) in [6.07, 6.45) is 1.85. The molecule has 1 heterocycles. The number of hydrogen-bond donors (Lipinski definition) is 1. The Hall–Kier alpha value is -1.15. The van der Waals surface area contributed by atoms with Gasteiger partial charge < -0.3 is 10.0 Å². The average Bonchev–Trinajstić information content (AvgIpc) is 3.10. The molecule has 1 saturated heterocycles. The van der Waals surface area contributed by atoms with E-state index in [2.05, 4.69) is 0 Å². The molecular weight excluding hydrogens is 260 g/mol. The van der Waals surface area contributed by atoms with Crippen molar-refractivity contribution in [3.63, 3.8) is 0 Å². The van der Waals surface area contributed by atoms with Crippen LogP contribution in [-0.2, 0) is 19.6 Å². The highest BCUT2D eigenvalue weighted by molar-refractivity contribution is 7.89. The summed E-state index contributed by atoms with van der Waals surface area (Å²) in [7, 11) is -3.74. The van der Waals surface area contributed by atoms with Crippen LogP contribution in [0.25, 0.3) is 0 Å². The molecule has 2 fully saturated rings. The van der Waals surface area contributed by atoms with Gasteiger partial charge >= 0.3 is 5.97 Å². The van der Waals surface area contributed by atoms with Gasteiger partial charge in [-0.2, -0.15) is 4.31 Å². The van der Waals surface area contributed by atoms with Crippen molar-refractivity contribution in [2.75, 3.05) is 31.9 Å². The van der Waals surface area contributed by atoms with Crippen molar-refractivity contribution in [1.82, 2.24) is 9.21 Å². The number of nitrogens with zero attached hydrogens (tertiary/aromatic N) is 2. The van der Waals surface area contributed by atoms with Crippen LogP contribution in [0, 0.1) is 5.92 Å². The van der Waals surface area contributed by atoms with Crippen LogP contribution in [0.2, 0.25) is 0 Å². The van der Waals surface area contributed by atoms with Gasteiger partial charge in [-0.25, -0.2) is 8.42 Å². The fraction of sp³-hybridized carbons (Fsp3) is 0.800. The van der Waals surface area contributed by atoms with E-state index in [0.29, 0.717) is 13.1 Å². The van der Waals surface area contributed by atoms with E-state index in [0.717, 1.165) is 17.1 Å². The summed E-state index contributed by atoms with van der Waals surface area (Å²) < 4.78 is 24.5. The summed E-state index contributed by atoms with van der Waals surface area (Å²) in [5, 5.41) is 8.53. The van der Waals surface area contributed by atoms with Gasteiger partial charge in [-0.1, -0.05) is 0 Å². The zero-order valence-electron chi connectivity index (χ0n) is 9.91. The maximum atomic E-state index is 11.8. The highest BCUT2D eigenvalue weighted by atomic mass is 32.2. The lowest BCUT2D eigenvalue weighted by atomic mass is 10.3. The van der Waals surface area contributed by atoms with Gasteiger partial charge in [0.1, 0.15) is 0 Å². The lowest BCUT2D eigenvalue weighted by Gasteiger charge is -2.33. The molecule has 2 rings (SSSR count). The van der Waals surface area contributed by atoms with E-state index in [9.17, 15) is 18.0 Å². The van der Waals surface area contributed by atoms with E-state index >= 15 is 0 Å². The minimum absolute atomic E-state index is 0.102. The Morgan fingerprint density at radius 2 is 1.67 bits per heavy atom. The second-order valence-corrected chi connectivity index (χ2v) is 6.62. The number of rotatable bonds is 4. The smallest absolute Gasteiger partial charge is 0.320 e. The van der Waals surface area contributed by atoms with Crippen molar-refractivity contribution < 1.29 is 23.1 Å². The van der Waals surface area contributed by atoms with Crippen LogP contribution in [0.5, 0.6) is 0 Å². The summed E-state index contributed by atoms with van der Waals surface area (Å²) in [6, 6.07) is 0. The molecular formula is C10H16N2O5S. The number of carbonyl (C=O) groups is 2. The van der Waals surface area contributed by atoms with Gasteiger partial charge in [0.15, 0.2) is 5.75 Å². The fourth-order valence-corrected chi connectivity index (χ4v) is 3.24. The largest absolute Gasteiger partial charge is 0.480 e. The second-order valence-electron chi connectivity index (χ2n) is 4.65. The minimum Gasteiger partial charge on any atom is -0.480 e. The molecule has 1 aliphatic heterocycles. The maximum absolute atomic E-state index is 11.8. The first-order valence-electron chi connectivity index (χ1n) is 5.88. The van der Waals surface area contributed by atoms with E-state index < -0.39 is 21.7 Å². The first-order valence-corrected chi connectivity index (χ1v) is 7.49. The molecule has 0 aromatic rings. The SMILES string of the molecule is O=C(O)CS(=O)(=O)N1CCN(C(=O)C2CC2)CC1. The van der Waals surface area contributed by atoms with Crippen molar-refractivity contribution in [3.8, 4) is 0 Å². The summed E-state index contributed by atoms with van der Waals surface area (Å²) in [5.41, 5.74) is 0. The first kappa shape index (κ1) is 13.3. The molecule has 102 valence electrons. The van der Waals surface area contributed by atoms with Crippen LogP contribution in [-0.4, -0.2) is 66.5 Å². The third-order valence-corrected chi connectivity index (χ3v) is 4.94. The van der Waals surface area contributed by atoms with E-state index in [4.69, 9.17) is 5.11 Å². The minimum atomic E-state index is -3.74. The molecule has 8 heteroatoms. The number of carboxylic acids is 1. The van der Waals surface area contributed by atoms with Gasteiger partial charge in [-0.15, -0.1) is 0 Å². The van der Waals surface area contributed by atoms with Gasteiger partial charge in [0.25, 0.3) is 0 Å². The van der Waals surface area contributed by atoms with Crippen LogP contribution < -0.4 is 0 Å². The van der Waals surface area contributed by atoms with E-state index in [-0.39, 0.29) is 24.9 Å². The fourth-order valence-electron chi connectivity index (χ4n) is 2.02. The molecule has 1 amide bonds. The van der Waals surface area contributed by atoms with Gasteiger partial charge in [0.05, 0.1) is 0 Å². The number of carbonyl (C=O) groups excluding carboxylic acids is 1. The van der Waals surface area contributed by atoms with Crippen molar-refractivity contribution in [2.45, 2.75) is 12.8 Å². The molecule has 0 radical (unpaired) electrons. The average molecular weight is 276 g/mol. The number of carboxylic acid groups (broad SMARTS) is 1. The van der Waals surface area contributed by atoms with Crippen LogP contribution in [0.1, 0.15) is 12.8 Å². The normalized spacial score (nSPS) is 21.9. The van der Waals surface area contributed by atoms with E-state index in [1.165, 1.54) is 0 Å². The van der Waals surface area contributed by atoms with Crippen LogP contribution in [0.15, 0.2) is 0 Å². The third-order valence-electron chi connectivity index (χ3n) is 3.18. The molecule has 0 aromatic heterocycles. The zero-order chi connectivity index (χ0) is 13.3. The molecule has 1 N–H and O–H groups in total. The van der Waals surface area contributed by atoms with Crippen LogP contribution in [0.3, 0.4) is 0 Å². The Bertz CT molecular complexity index is 449. The van der Waals surface area contributed by atoms with E-state index in [1.54, 1.807) is 4.90 Å². The summed E-state index contributed by atoms with van der Waals surface area (Å²) >= 11 is 0. The van der Waals surface area contributed by atoms with Crippen molar-refractivity contribution in [3.05, 3.63) is 0 Å². The van der Waals surface area contributed by atoms with Gasteiger partial charge in [-0.05, 0) is 12.8 Å². The molecule has 0 spiro atoms. The molecule has 1 aliphatic carbocycles. The molecule has 7 nitrogen and oxygen atoms in total. The van der Waals surface area contributed by atoms with Gasteiger partial charge in [0.2, 0.25) is 15.9 Å². The van der Waals surface area contributed by atoms with Crippen LogP contribution >= 0.6 is 0 Å². The molecule has 0 aromatic carbocycles. The quantitative estimate of drug-likeness (QED) is 0.707. The summed E-state index contributed by atoms with van der Waals surface area (Å²) in [6.45, 7) is 1.09. The molecule has 18 heavy (non-hydrogen) atoms. The summed E-state index contributed by atoms with van der Waals surface area (Å²) in [5.74, 6) is -2.01. The van der Waals surface area contributed by atoms with Crippen molar-refractivity contribution in [1.29, 1.82) is 0 Å². The zero-order valence-corrected chi connectivity index (χ0v) is 10.7. The highest BCUT2D eigenvalue weighted by Crippen LogP contribution is 2.31. The number of hydrogen-bond acceptors (Lipinski definition) is 4. The third kappa shape index (κ3) is 2.99. The van der Waals surface area contributed by atoms with Gasteiger partial charge in [0, 0.05) is 32.1 Å². The second kappa shape index (κ2) is 4.85. The predicted octanol–water partition coefficient (Wildman–Crippen LogP) is -1.04. The number of piperazine rings is 1. The lowest BCUT2D eigenvalue weighted by Crippen LogP contribution is -2.51. The Morgan fingerprint density at radius 3 is 2.11 bits per heavy atom. The predicted molar refractivity (Wildman–Crippen MR) is 62.3 cm³/mol. The molecule has 2 aliphatic rings. The maximum Gasteiger partial charge on any atom is 0.320 e. The lowest BCUT2D eigenvalue weighted by molar-refractivity contribution is -0.135. The van der Waals surface area contributed by atoms with E-state index in [1.807, 2.05) is 0 Å². The van der Waals surface area contributed by atoms with Crippen molar-refractivity contribution in [2.24, 2.45) is 5.92 Å². The molecule has 1 saturated carbocycles. The molecule has 0 bridgehead atoms. The number of sulfonamides is 1. The standard InChI is InChI=1S/C10H16N2O5S/c13-9(14)7-18(16,17)12-5-3-11(4-6-12)10(15)8-1-2-8/h8H,1-7H2,(H,13,14). The Balaban J connectivity index is 1.89. The Kier molecular flexibility index (Phi) is 3.58. The Morgan fingerprint density at radius 1 is 1.11 bits per heavy atom. The molecule has 0 atom stereocenters. The topological polar surface area (TPSA) is 95.0 Å². The first-order chi connectivity index (χ1) is 8.40. The monoisotopic (exact) mass is 276 g/mol. The van der Waals surface area contributed by atoms with Gasteiger partial charge in [-0.3, -0.25) is 9.59 Å². The number of amides is 1. The highest BCUT2D eigenvalue weighted by Gasteiger charge is 2.36. The molecule has 0 unspecified atom stereocenters. The van der Waals surface area contributed by atoms with Crippen LogP contribution in [0.4, 0.5) is 0 Å². The number of aliphatic carboxylic acids is 1. The summed E-state index contributed by atoms with van der Waals surface area (Å²) in [4.78, 5) is 23.9. The Labute approximate surface area is 105 Å². The van der Waals surface area contributed by atoms with Crippen molar-refractivity contribution >= 4 is 21.9 Å².